The Kier molecular flexibility index (Phi) is 6.78. The molecule has 0 spiro atoms. The lowest BCUT2D eigenvalue weighted by molar-refractivity contribution is 0.0534. The summed E-state index contributed by atoms with van der Waals surface area (Å²) in [5, 5.41) is 0. The molecule has 0 aromatic heterocycles. The zero-order valence-electron chi connectivity index (χ0n) is 18.4. The van der Waals surface area contributed by atoms with Gasteiger partial charge in [-0.1, -0.05) is 31.9 Å². The van der Waals surface area contributed by atoms with Gasteiger partial charge < -0.3 is 9.80 Å². The van der Waals surface area contributed by atoms with Crippen molar-refractivity contribution in [1.29, 1.82) is 0 Å². The number of carbonyl (C=O) groups excluding carboxylic acids is 2. The zero-order valence-corrected chi connectivity index (χ0v) is 21.6. The minimum absolute atomic E-state index is 0.0357. The molecule has 3 rings (SSSR count). The number of amides is 2. The topological polar surface area (TPSA) is 40.6 Å². The van der Waals surface area contributed by atoms with Crippen molar-refractivity contribution < 1.29 is 9.59 Å². The van der Waals surface area contributed by atoms with Crippen LogP contribution in [0, 0.1) is 41.5 Å². The molecule has 1 aliphatic heterocycles. The number of halogens is 2. The Balaban J connectivity index is 1.76. The molecular weight excluding hydrogens is 508 g/mol. The van der Waals surface area contributed by atoms with E-state index in [9.17, 15) is 9.59 Å². The lowest BCUT2D eigenvalue weighted by Crippen LogP contribution is -2.50. The van der Waals surface area contributed by atoms with Crippen LogP contribution in [0.2, 0.25) is 0 Å². The van der Waals surface area contributed by atoms with E-state index in [0.29, 0.717) is 26.2 Å². The molecule has 1 saturated heterocycles. The van der Waals surface area contributed by atoms with Gasteiger partial charge in [-0.2, -0.15) is 0 Å². The number of carbonyl (C=O) groups is 2. The van der Waals surface area contributed by atoms with E-state index in [1.165, 1.54) is 0 Å². The molecule has 0 radical (unpaired) electrons. The molecule has 160 valence electrons. The Labute approximate surface area is 195 Å². The number of hydrogen-bond donors (Lipinski definition) is 0. The smallest absolute Gasteiger partial charge is 0.254 e. The monoisotopic (exact) mass is 534 g/mol. The molecule has 0 unspecified atom stereocenters. The molecule has 2 amide bonds. The maximum Gasteiger partial charge on any atom is 0.254 e. The molecule has 6 heteroatoms. The summed E-state index contributed by atoms with van der Waals surface area (Å²) in [6.45, 7) is 14.4. The van der Waals surface area contributed by atoms with E-state index in [4.69, 9.17) is 0 Å². The molecule has 0 aliphatic carbocycles. The van der Waals surface area contributed by atoms with Gasteiger partial charge in [-0.05, 0) is 87.1 Å². The number of hydrogen-bond acceptors (Lipinski definition) is 2. The summed E-state index contributed by atoms with van der Waals surface area (Å²) < 4.78 is 1.91. The molecule has 2 aromatic rings. The van der Waals surface area contributed by atoms with Gasteiger partial charge in [0.05, 0.1) is 0 Å². The molecule has 0 bridgehead atoms. The predicted molar refractivity (Wildman–Crippen MR) is 129 cm³/mol. The van der Waals surface area contributed by atoms with E-state index in [-0.39, 0.29) is 11.8 Å². The van der Waals surface area contributed by atoms with Gasteiger partial charge >= 0.3 is 0 Å². The number of rotatable bonds is 2. The average molecular weight is 536 g/mol. The Hall–Kier alpha value is -1.66. The summed E-state index contributed by atoms with van der Waals surface area (Å²) in [6, 6.07) is 3.85. The Morgan fingerprint density at radius 1 is 0.600 bits per heavy atom. The third-order valence-electron chi connectivity index (χ3n) is 6.63. The normalized spacial score (nSPS) is 14.3. The van der Waals surface area contributed by atoms with Crippen LogP contribution < -0.4 is 0 Å². The van der Waals surface area contributed by atoms with Gasteiger partial charge in [0.15, 0.2) is 0 Å². The standard InChI is InChI=1S/C24H28Br2N2O2/c1-13-15(3)19(11-21(25)17(13)5)23(29)27-7-9-28(10-8-27)24(30)20-12-22(26)18(6)14(2)16(20)4/h11-12H,7-10H2,1-6H3. The Morgan fingerprint density at radius 3 is 1.20 bits per heavy atom. The van der Waals surface area contributed by atoms with Crippen molar-refractivity contribution in [3.63, 3.8) is 0 Å². The van der Waals surface area contributed by atoms with E-state index in [1.54, 1.807) is 0 Å². The number of benzene rings is 2. The fourth-order valence-corrected chi connectivity index (χ4v) is 4.96. The van der Waals surface area contributed by atoms with E-state index < -0.39 is 0 Å². The van der Waals surface area contributed by atoms with Gasteiger partial charge in [0, 0.05) is 46.3 Å². The number of piperazine rings is 1. The largest absolute Gasteiger partial charge is 0.335 e. The highest BCUT2D eigenvalue weighted by atomic mass is 79.9. The van der Waals surface area contributed by atoms with Gasteiger partial charge in [-0.15, -0.1) is 0 Å². The van der Waals surface area contributed by atoms with Crippen LogP contribution in [0.4, 0.5) is 0 Å². The van der Waals surface area contributed by atoms with Gasteiger partial charge in [-0.25, -0.2) is 0 Å². The molecule has 4 nitrogen and oxygen atoms in total. The first-order valence-electron chi connectivity index (χ1n) is 10.2. The van der Waals surface area contributed by atoms with Crippen LogP contribution in [0.5, 0.6) is 0 Å². The SMILES string of the molecule is Cc1c(Br)cc(C(=O)N2CCN(C(=O)c3cc(Br)c(C)c(C)c3C)CC2)c(C)c1C. The summed E-state index contributed by atoms with van der Waals surface area (Å²) in [5.41, 5.74) is 8.11. The molecule has 1 aliphatic rings. The van der Waals surface area contributed by atoms with Crippen molar-refractivity contribution in [2.75, 3.05) is 26.2 Å². The second-order valence-corrected chi connectivity index (χ2v) is 9.85. The lowest BCUT2D eigenvalue weighted by Gasteiger charge is -2.35. The van der Waals surface area contributed by atoms with Crippen LogP contribution in [0.15, 0.2) is 21.1 Å². The van der Waals surface area contributed by atoms with Crippen LogP contribution >= 0.6 is 31.9 Å². The van der Waals surface area contributed by atoms with E-state index in [0.717, 1.165) is 53.5 Å². The first kappa shape index (κ1) is 23.0. The summed E-state index contributed by atoms with van der Waals surface area (Å²) in [5.74, 6) is 0.0713. The molecule has 1 fully saturated rings. The van der Waals surface area contributed by atoms with Gasteiger partial charge in [0.1, 0.15) is 0 Å². The van der Waals surface area contributed by atoms with Crippen LogP contribution in [-0.4, -0.2) is 47.8 Å². The molecular formula is C24H28Br2N2O2. The third kappa shape index (κ3) is 4.09. The van der Waals surface area contributed by atoms with Crippen molar-refractivity contribution in [3.8, 4) is 0 Å². The summed E-state index contributed by atoms with van der Waals surface area (Å²) in [6.07, 6.45) is 0. The van der Waals surface area contributed by atoms with Crippen molar-refractivity contribution >= 4 is 43.7 Å². The second kappa shape index (κ2) is 8.83. The average Bonchev–Trinajstić information content (AvgIpc) is 2.75. The highest BCUT2D eigenvalue weighted by Crippen LogP contribution is 2.28. The Bertz CT molecular complexity index is 955. The van der Waals surface area contributed by atoms with Crippen molar-refractivity contribution in [1.82, 2.24) is 9.80 Å². The summed E-state index contributed by atoms with van der Waals surface area (Å²) >= 11 is 7.15. The molecule has 1 heterocycles. The fourth-order valence-electron chi connectivity index (χ4n) is 3.91. The van der Waals surface area contributed by atoms with E-state index >= 15 is 0 Å². The van der Waals surface area contributed by atoms with Crippen LogP contribution in [0.25, 0.3) is 0 Å². The third-order valence-corrected chi connectivity index (χ3v) is 8.28. The molecule has 0 N–H and O–H groups in total. The lowest BCUT2D eigenvalue weighted by atomic mass is 9.97. The first-order valence-corrected chi connectivity index (χ1v) is 11.7. The van der Waals surface area contributed by atoms with Crippen LogP contribution in [-0.2, 0) is 0 Å². The van der Waals surface area contributed by atoms with Crippen molar-refractivity contribution in [2.24, 2.45) is 0 Å². The van der Waals surface area contributed by atoms with E-state index in [1.807, 2.05) is 49.6 Å². The van der Waals surface area contributed by atoms with Crippen LogP contribution in [0.1, 0.15) is 54.1 Å². The summed E-state index contributed by atoms with van der Waals surface area (Å²) in [4.78, 5) is 30.0. The molecule has 0 atom stereocenters. The Morgan fingerprint density at radius 2 is 0.900 bits per heavy atom. The molecule has 30 heavy (non-hydrogen) atoms. The zero-order chi connectivity index (χ0) is 22.3. The van der Waals surface area contributed by atoms with Gasteiger partial charge in [0.25, 0.3) is 11.8 Å². The van der Waals surface area contributed by atoms with Crippen molar-refractivity contribution in [2.45, 2.75) is 41.5 Å². The fraction of sp³-hybridized carbons (Fsp3) is 0.417. The molecule has 0 saturated carbocycles. The van der Waals surface area contributed by atoms with E-state index in [2.05, 4.69) is 45.7 Å². The first-order chi connectivity index (χ1) is 14.0. The van der Waals surface area contributed by atoms with Gasteiger partial charge in [-0.3, -0.25) is 9.59 Å². The second-order valence-electron chi connectivity index (χ2n) is 8.15. The van der Waals surface area contributed by atoms with Crippen LogP contribution in [0.3, 0.4) is 0 Å². The van der Waals surface area contributed by atoms with Gasteiger partial charge in [0.2, 0.25) is 0 Å². The maximum atomic E-state index is 13.2. The van der Waals surface area contributed by atoms with Crippen molar-refractivity contribution in [3.05, 3.63) is 65.6 Å². The maximum absolute atomic E-state index is 13.2. The predicted octanol–water partition coefficient (Wildman–Crippen LogP) is 5.66. The molecule has 2 aromatic carbocycles. The summed E-state index contributed by atoms with van der Waals surface area (Å²) in [7, 11) is 0. The minimum atomic E-state index is 0.0357. The highest BCUT2D eigenvalue weighted by molar-refractivity contribution is 9.10. The minimum Gasteiger partial charge on any atom is -0.335 e. The number of nitrogens with zero attached hydrogens (tertiary/aromatic N) is 2. The quantitative estimate of drug-likeness (QED) is 0.497. The highest BCUT2D eigenvalue weighted by Gasteiger charge is 2.28.